The van der Waals surface area contributed by atoms with Crippen molar-refractivity contribution in [3.8, 4) is 11.4 Å². The number of carbonyl (C=O) groups is 1. The molecule has 10 heteroatoms. The molecule has 132 valence electrons. The van der Waals surface area contributed by atoms with Crippen LogP contribution in [0, 0.1) is 6.92 Å². The molecule has 0 aromatic carbocycles. The monoisotopic (exact) mass is 397 g/mol. The van der Waals surface area contributed by atoms with Crippen molar-refractivity contribution in [2.75, 3.05) is 18.6 Å². The lowest BCUT2D eigenvalue weighted by Crippen LogP contribution is -2.27. The third-order valence-electron chi connectivity index (χ3n) is 3.54. The number of nitrogen functional groups attached to an aromatic ring is 1. The number of halogens is 1. The Morgan fingerprint density at radius 2 is 2.24 bits per heavy atom. The van der Waals surface area contributed by atoms with Crippen LogP contribution in [-0.2, 0) is 11.3 Å². The van der Waals surface area contributed by atoms with Gasteiger partial charge in [0.05, 0.1) is 28.5 Å². The first kappa shape index (κ1) is 17.8. The number of hydrogen-bond donors (Lipinski definition) is 1. The van der Waals surface area contributed by atoms with E-state index in [9.17, 15) is 4.79 Å². The second-order valence-corrected chi connectivity index (χ2v) is 8.05. The van der Waals surface area contributed by atoms with Crippen LogP contribution < -0.4 is 5.84 Å². The molecule has 0 saturated carbocycles. The van der Waals surface area contributed by atoms with Gasteiger partial charge in [-0.05, 0) is 25.1 Å². The highest BCUT2D eigenvalue weighted by atomic mass is 35.5. The molecule has 25 heavy (non-hydrogen) atoms. The van der Waals surface area contributed by atoms with Gasteiger partial charge in [0.25, 0.3) is 0 Å². The van der Waals surface area contributed by atoms with Crippen LogP contribution in [0.1, 0.15) is 10.6 Å². The molecule has 1 amide bonds. The average molecular weight is 398 g/mol. The summed E-state index contributed by atoms with van der Waals surface area (Å²) >= 11 is 8.62. The largest absolute Gasteiger partial charge is 0.469 e. The number of amides is 1. The van der Waals surface area contributed by atoms with Crippen molar-refractivity contribution in [2.45, 2.75) is 18.6 Å². The summed E-state index contributed by atoms with van der Waals surface area (Å²) in [6.07, 6.45) is 1.57. The zero-order valence-electron chi connectivity index (χ0n) is 13.6. The van der Waals surface area contributed by atoms with Crippen LogP contribution >= 0.6 is 34.7 Å². The number of nitrogens with two attached hydrogens (primary N) is 1. The van der Waals surface area contributed by atoms with Crippen LogP contribution in [0.2, 0.25) is 4.34 Å². The molecule has 3 rings (SSSR count). The van der Waals surface area contributed by atoms with Crippen molar-refractivity contribution in [3.05, 3.63) is 39.4 Å². The van der Waals surface area contributed by atoms with E-state index < -0.39 is 0 Å². The normalized spacial score (nSPS) is 11.0. The highest BCUT2D eigenvalue weighted by molar-refractivity contribution is 7.99. The molecule has 0 aliphatic rings. The summed E-state index contributed by atoms with van der Waals surface area (Å²) in [5.41, 5.74) is 0.778. The van der Waals surface area contributed by atoms with Crippen LogP contribution in [0.4, 0.5) is 0 Å². The lowest BCUT2D eigenvalue weighted by molar-refractivity contribution is -0.127. The predicted molar refractivity (Wildman–Crippen MR) is 99.1 cm³/mol. The molecular formula is C15H16ClN5O2S2. The van der Waals surface area contributed by atoms with Gasteiger partial charge in [0.1, 0.15) is 5.76 Å². The number of thiophene rings is 1. The molecule has 0 fully saturated rings. The Labute approximate surface area is 157 Å². The number of aryl methyl sites for hydroxylation is 1. The first-order chi connectivity index (χ1) is 12.0. The topological polar surface area (TPSA) is 90.2 Å². The Bertz CT molecular complexity index is 888. The minimum Gasteiger partial charge on any atom is -0.469 e. The molecule has 0 atom stereocenters. The number of thioether (sulfide) groups is 1. The molecule has 0 saturated heterocycles. The van der Waals surface area contributed by atoms with E-state index in [-0.39, 0.29) is 11.7 Å². The van der Waals surface area contributed by atoms with E-state index in [4.69, 9.17) is 21.9 Å². The van der Waals surface area contributed by atoms with E-state index in [0.717, 1.165) is 10.4 Å². The van der Waals surface area contributed by atoms with E-state index in [1.807, 2.05) is 19.1 Å². The van der Waals surface area contributed by atoms with Crippen molar-refractivity contribution in [1.29, 1.82) is 0 Å². The summed E-state index contributed by atoms with van der Waals surface area (Å²) in [4.78, 5) is 15.0. The fourth-order valence-corrected chi connectivity index (χ4v) is 4.11. The van der Waals surface area contributed by atoms with Crippen molar-refractivity contribution in [2.24, 2.45) is 0 Å². The maximum atomic E-state index is 12.3. The first-order valence-corrected chi connectivity index (χ1v) is 9.49. The van der Waals surface area contributed by atoms with Gasteiger partial charge in [-0.2, -0.15) is 0 Å². The van der Waals surface area contributed by atoms with Gasteiger partial charge in [-0.25, -0.2) is 4.68 Å². The van der Waals surface area contributed by atoms with Crippen LogP contribution in [0.3, 0.4) is 0 Å². The van der Waals surface area contributed by atoms with Crippen molar-refractivity contribution >= 4 is 40.6 Å². The summed E-state index contributed by atoms with van der Waals surface area (Å²) in [5.74, 6) is 7.44. The average Bonchev–Trinajstić information content (AvgIpc) is 3.26. The number of carbonyl (C=O) groups excluding carboxylic acids is 1. The molecule has 0 bridgehead atoms. The first-order valence-electron chi connectivity index (χ1n) is 7.31. The Morgan fingerprint density at radius 1 is 1.44 bits per heavy atom. The highest BCUT2D eigenvalue weighted by Crippen LogP contribution is 2.25. The van der Waals surface area contributed by atoms with Gasteiger partial charge in [-0.1, -0.05) is 23.4 Å². The second kappa shape index (κ2) is 7.51. The third kappa shape index (κ3) is 4.00. The number of rotatable bonds is 6. The van der Waals surface area contributed by atoms with Crippen LogP contribution in [-0.4, -0.2) is 38.5 Å². The van der Waals surface area contributed by atoms with Gasteiger partial charge in [0.15, 0.2) is 5.82 Å². The molecule has 3 aromatic heterocycles. The van der Waals surface area contributed by atoms with Crippen molar-refractivity contribution in [3.63, 3.8) is 0 Å². The molecule has 0 unspecified atom stereocenters. The van der Waals surface area contributed by atoms with E-state index in [1.54, 1.807) is 24.3 Å². The third-order valence-corrected chi connectivity index (χ3v) is 5.68. The van der Waals surface area contributed by atoms with E-state index in [0.29, 0.717) is 27.6 Å². The Hall–Kier alpha value is -1.97. The summed E-state index contributed by atoms with van der Waals surface area (Å²) < 4.78 is 7.34. The number of furan rings is 1. The molecule has 0 spiro atoms. The molecular weight excluding hydrogens is 382 g/mol. The molecule has 2 N–H and O–H groups in total. The van der Waals surface area contributed by atoms with Crippen molar-refractivity contribution in [1.82, 2.24) is 19.8 Å². The van der Waals surface area contributed by atoms with Gasteiger partial charge in [-0.15, -0.1) is 21.5 Å². The second-order valence-electron chi connectivity index (χ2n) is 5.31. The number of hydrogen-bond acceptors (Lipinski definition) is 7. The fraction of sp³-hybridized carbons (Fsp3) is 0.267. The summed E-state index contributed by atoms with van der Waals surface area (Å²) in [5, 5.41) is 8.61. The fourth-order valence-electron chi connectivity index (χ4n) is 2.17. The quantitative estimate of drug-likeness (QED) is 0.508. The zero-order valence-corrected chi connectivity index (χ0v) is 16.0. The maximum Gasteiger partial charge on any atom is 0.233 e. The highest BCUT2D eigenvalue weighted by Gasteiger charge is 2.18. The van der Waals surface area contributed by atoms with Crippen LogP contribution in [0.15, 0.2) is 34.0 Å². The van der Waals surface area contributed by atoms with Crippen LogP contribution in [0.25, 0.3) is 11.4 Å². The summed E-state index contributed by atoms with van der Waals surface area (Å²) in [6, 6.07) is 5.52. The molecule has 0 aliphatic carbocycles. The molecule has 0 radical (unpaired) electrons. The Kier molecular flexibility index (Phi) is 5.36. The van der Waals surface area contributed by atoms with Gasteiger partial charge in [0, 0.05) is 11.9 Å². The van der Waals surface area contributed by atoms with E-state index in [2.05, 4.69) is 10.2 Å². The van der Waals surface area contributed by atoms with Crippen LogP contribution in [0.5, 0.6) is 0 Å². The summed E-state index contributed by atoms with van der Waals surface area (Å²) in [7, 11) is 1.75. The smallest absolute Gasteiger partial charge is 0.233 e. The number of aromatic nitrogens is 3. The standard InChI is InChI=1S/C15H16ClN5O2S2/c1-9-11(5-6-23-9)14-18-19-15(21(14)17)24-8-13(22)20(2)7-10-3-4-12(16)25-10/h3-6H,7-8,17H2,1-2H3. The van der Waals surface area contributed by atoms with Gasteiger partial charge in [-0.3, -0.25) is 4.79 Å². The summed E-state index contributed by atoms with van der Waals surface area (Å²) in [6.45, 7) is 2.34. The minimum atomic E-state index is -0.0291. The lowest BCUT2D eigenvalue weighted by atomic mass is 10.2. The Balaban J connectivity index is 1.61. The van der Waals surface area contributed by atoms with Gasteiger partial charge in [0.2, 0.25) is 11.1 Å². The van der Waals surface area contributed by atoms with E-state index >= 15 is 0 Å². The van der Waals surface area contributed by atoms with Gasteiger partial charge >= 0.3 is 0 Å². The molecule has 3 aromatic rings. The van der Waals surface area contributed by atoms with E-state index in [1.165, 1.54) is 27.8 Å². The molecule has 7 nitrogen and oxygen atoms in total. The van der Waals surface area contributed by atoms with Gasteiger partial charge < -0.3 is 15.2 Å². The number of nitrogens with zero attached hydrogens (tertiary/aromatic N) is 4. The lowest BCUT2D eigenvalue weighted by Gasteiger charge is -2.15. The SMILES string of the molecule is Cc1occc1-c1nnc(SCC(=O)N(C)Cc2ccc(Cl)s2)n1N. The zero-order chi connectivity index (χ0) is 18.0. The molecule has 3 heterocycles. The Morgan fingerprint density at radius 3 is 2.88 bits per heavy atom. The predicted octanol–water partition coefficient (Wildman–Crippen LogP) is 3.03. The van der Waals surface area contributed by atoms with Crippen molar-refractivity contribution < 1.29 is 9.21 Å². The molecule has 0 aliphatic heterocycles. The minimum absolute atomic E-state index is 0.0291. The maximum absolute atomic E-state index is 12.3.